The monoisotopic (exact) mass is 250 g/mol. The summed E-state index contributed by atoms with van der Waals surface area (Å²) in [5, 5.41) is 9.89. The molecule has 0 atom stereocenters. The maximum Gasteiger partial charge on any atom is 0.318 e. The number of hydrogen-bond donors (Lipinski definition) is 2. The van der Waals surface area contributed by atoms with Crippen LogP contribution in [0, 0.1) is 4.77 Å². The van der Waals surface area contributed by atoms with Gasteiger partial charge in [-0.3, -0.25) is 4.90 Å². The lowest BCUT2D eigenvalue weighted by Gasteiger charge is -2.14. The summed E-state index contributed by atoms with van der Waals surface area (Å²) in [6, 6.07) is 6.55. The van der Waals surface area contributed by atoms with Crippen LogP contribution in [0.5, 0.6) is 0 Å². The zero-order chi connectivity index (χ0) is 12.4. The smallest absolute Gasteiger partial charge is 0.318 e. The van der Waals surface area contributed by atoms with Crippen LogP contribution in [0.15, 0.2) is 24.3 Å². The molecule has 88 valence electrons. The molecule has 0 fully saturated rings. The van der Waals surface area contributed by atoms with Gasteiger partial charge in [0.1, 0.15) is 0 Å². The van der Waals surface area contributed by atoms with E-state index in [0.29, 0.717) is 10.5 Å². The molecular weight excluding hydrogens is 240 g/mol. The third-order valence-corrected chi connectivity index (χ3v) is 2.56. The van der Waals surface area contributed by atoms with Gasteiger partial charge in [0.15, 0.2) is 0 Å². The number of carbonyl (C=O) groups excluding carboxylic acids is 1. The quantitative estimate of drug-likeness (QED) is 0.772. The van der Waals surface area contributed by atoms with Crippen molar-refractivity contribution in [2.24, 2.45) is 5.73 Å². The molecule has 0 aliphatic carbocycles. The molecule has 3 N–H and O–H groups in total. The van der Waals surface area contributed by atoms with E-state index in [1.54, 1.807) is 36.0 Å². The van der Waals surface area contributed by atoms with Gasteiger partial charge in [0.2, 0.25) is 4.77 Å². The lowest BCUT2D eigenvalue weighted by molar-refractivity contribution is 0.255. The minimum absolute atomic E-state index is 0.334. The SMILES string of the molecule is CN(C(N)=O)c1ccc(-n2[nH]nnc2=S)cc1. The fourth-order valence-corrected chi connectivity index (χ4v) is 1.51. The summed E-state index contributed by atoms with van der Waals surface area (Å²) in [6.07, 6.45) is 0. The molecule has 7 nitrogen and oxygen atoms in total. The highest BCUT2D eigenvalue weighted by Crippen LogP contribution is 2.15. The number of rotatable bonds is 2. The molecule has 0 aliphatic rings. The number of carbonyl (C=O) groups is 1. The van der Waals surface area contributed by atoms with Crippen LogP contribution in [0.1, 0.15) is 0 Å². The third-order valence-electron chi connectivity index (χ3n) is 2.30. The van der Waals surface area contributed by atoms with Crippen molar-refractivity contribution in [3.63, 3.8) is 0 Å². The minimum Gasteiger partial charge on any atom is -0.351 e. The number of amides is 2. The Kier molecular flexibility index (Phi) is 2.88. The summed E-state index contributed by atoms with van der Waals surface area (Å²) >= 11 is 4.97. The first-order valence-corrected chi connectivity index (χ1v) is 5.14. The molecule has 0 unspecified atom stereocenters. The first kappa shape index (κ1) is 11.3. The van der Waals surface area contributed by atoms with E-state index in [2.05, 4.69) is 15.5 Å². The summed E-state index contributed by atoms with van der Waals surface area (Å²) in [6.45, 7) is 0. The lowest BCUT2D eigenvalue weighted by atomic mass is 10.2. The van der Waals surface area contributed by atoms with Crippen LogP contribution < -0.4 is 10.6 Å². The van der Waals surface area contributed by atoms with E-state index in [-0.39, 0.29) is 0 Å². The number of aromatic nitrogens is 4. The van der Waals surface area contributed by atoms with Crippen molar-refractivity contribution in [3.8, 4) is 5.69 Å². The van der Waals surface area contributed by atoms with E-state index in [4.69, 9.17) is 18.0 Å². The zero-order valence-corrected chi connectivity index (χ0v) is 9.81. The van der Waals surface area contributed by atoms with Crippen LogP contribution in [0.25, 0.3) is 5.69 Å². The summed E-state index contributed by atoms with van der Waals surface area (Å²) in [5.74, 6) is 0. The second-order valence-corrected chi connectivity index (χ2v) is 3.70. The molecule has 2 amide bonds. The normalized spacial score (nSPS) is 10.2. The van der Waals surface area contributed by atoms with E-state index in [0.717, 1.165) is 5.69 Å². The molecule has 1 heterocycles. The van der Waals surface area contributed by atoms with Gasteiger partial charge in [-0.15, -0.1) is 0 Å². The second kappa shape index (κ2) is 4.34. The molecule has 0 spiro atoms. The van der Waals surface area contributed by atoms with Crippen molar-refractivity contribution < 1.29 is 4.79 Å². The van der Waals surface area contributed by atoms with E-state index < -0.39 is 6.03 Å². The molecule has 2 rings (SSSR count). The summed E-state index contributed by atoms with van der Waals surface area (Å²) < 4.78 is 1.88. The summed E-state index contributed by atoms with van der Waals surface area (Å²) in [5.41, 5.74) is 6.64. The van der Waals surface area contributed by atoms with Crippen LogP contribution in [-0.2, 0) is 0 Å². The van der Waals surface area contributed by atoms with E-state index in [1.807, 2.05) is 0 Å². The number of aromatic amines is 1. The molecule has 0 saturated heterocycles. The average molecular weight is 250 g/mol. The van der Waals surface area contributed by atoms with Gasteiger partial charge < -0.3 is 5.73 Å². The van der Waals surface area contributed by atoms with Gasteiger partial charge in [0, 0.05) is 12.7 Å². The number of nitrogens with one attached hydrogen (secondary N) is 1. The number of anilines is 1. The van der Waals surface area contributed by atoms with E-state index >= 15 is 0 Å². The van der Waals surface area contributed by atoms with Crippen LogP contribution in [0.4, 0.5) is 10.5 Å². The summed E-state index contributed by atoms with van der Waals surface area (Å²) in [7, 11) is 1.60. The third kappa shape index (κ3) is 2.16. The standard InChI is InChI=1S/C9H10N6OS/c1-14(8(10)16)6-2-4-7(5-3-6)15-9(17)11-12-13-15/h2-5H,1H3,(H2,10,16)(H,11,13,17). The van der Waals surface area contributed by atoms with Gasteiger partial charge in [-0.05, 0) is 36.5 Å². The van der Waals surface area contributed by atoms with Crippen LogP contribution in [0.3, 0.4) is 0 Å². The lowest BCUT2D eigenvalue weighted by Crippen LogP contribution is -2.31. The van der Waals surface area contributed by atoms with Crippen molar-refractivity contribution in [2.45, 2.75) is 0 Å². The summed E-state index contributed by atoms with van der Waals surface area (Å²) in [4.78, 5) is 12.3. The Morgan fingerprint density at radius 2 is 2.12 bits per heavy atom. The Balaban J connectivity index is 2.34. The number of nitrogens with zero attached hydrogens (tertiary/aromatic N) is 4. The number of hydrogen-bond acceptors (Lipinski definition) is 4. The average Bonchev–Trinajstić information content (AvgIpc) is 2.74. The van der Waals surface area contributed by atoms with Gasteiger partial charge in [0.05, 0.1) is 5.69 Å². The number of nitrogens with two attached hydrogens (primary N) is 1. The first-order chi connectivity index (χ1) is 8.09. The van der Waals surface area contributed by atoms with Crippen molar-refractivity contribution in [1.82, 2.24) is 20.2 Å². The van der Waals surface area contributed by atoms with E-state index in [1.165, 1.54) is 4.90 Å². The van der Waals surface area contributed by atoms with Crippen LogP contribution in [0.2, 0.25) is 0 Å². The molecule has 1 aromatic carbocycles. The van der Waals surface area contributed by atoms with Crippen molar-refractivity contribution >= 4 is 23.9 Å². The predicted molar refractivity (Wildman–Crippen MR) is 64.5 cm³/mol. The Morgan fingerprint density at radius 3 is 2.59 bits per heavy atom. The largest absolute Gasteiger partial charge is 0.351 e. The van der Waals surface area contributed by atoms with Crippen LogP contribution >= 0.6 is 12.2 Å². The Labute approximate surface area is 102 Å². The molecular formula is C9H10N6OS. The van der Waals surface area contributed by atoms with Gasteiger partial charge in [-0.2, -0.15) is 5.21 Å². The molecule has 0 saturated carbocycles. The van der Waals surface area contributed by atoms with Crippen molar-refractivity contribution in [3.05, 3.63) is 29.0 Å². The Bertz CT molecular complexity index is 586. The van der Waals surface area contributed by atoms with E-state index in [9.17, 15) is 4.79 Å². The van der Waals surface area contributed by atoms with Gasteiger partial charge in [-0.25, -0.2) is 9.48 Å². The number of tetrazole rings is 1. The number of benzene rings is 1. The Hall–Kier alpha value is -2.22. The van der Waals surface area contributed by atoms with Crippen molar-refractivity contribution in [2.75, 3.05) is 11.9 Å². The molecule has 0 bridgehead atoms. The maximum atomic E-state index is 11.0. The van der Waals surface area contributed by atoms with Gasteiger partial charge >= 0.3 is 6.03 Å². The fourth-order valence-electron chi connectivity index (χ4n) is 1.32. The zero-order valence-electron chi connectivity index (χ0n) is 8.99. The number of H-pyrrole nitrogens is 1. The molecule has 17 heavy (non-hydrogen) atoms. The van der Waals surface area contributed by atoms with Crippen LogP contribution in [-0.4, -0.2) is 33.3 Å². The highest BCUT2D eigenvalue weighted by atomic mass is 32.1. The molecule has 2 aromatic rings. The fraction of sp³-hybridized carbons (Fsp3) is 0.111. The maximum absolute atomic E-state index is 11.0. The molecule has 8 heteroatoms. The Morgan fingerprint density at radius 1 is 1.47 bits per heavy atom. The molecule has 0 aliphatic heterocycles. The predicted octanol–water partition coefficient (Wildman–Crippen LogP) is 0.840. The molecule has 0 radical (unpaired) electrons. The van der Waals surface area contributed by atoms with Gasteiger partial charge in [0.25, 0.3) is 0 Å². The molecule has 1 aromatic heterocycles. The minimum atomic E-state index is -0.516. The highest BCUT2D eigenvalue weighted by Gasteiger charge is 2.06. The second-order valence-electron chi connectivity index (χ2n) is 3.33. The number of urea groups is 1. The first-order valence-electron chi connectivity index (χ1n) is 4.73. The highest BCUT2D eigenvalue weighted by molar-refractivity contribution is 7.71. The topological polar surface area (TPSA) is 92.8 Å². The number of primary amides is 1. The van der Waals surface area contributed by atoms with Crippen molar-refractivity contribution in [1.29, 1.82) is 0 Å². The van der Waals surface area contributed by atoms with Gasteiger partial charge in [-0.1, -0.05) is 10.3 Å².